The Morgan fingerprint density at radius 3 is 3.00 bits per heavy atom. The van der Waals surface area contributed by atoms with Gasteiger partial charge in [-0.1, -0.05) is 0 Å². The van der Waals surface area contributed by atoms with E-state index >= 15 is 0 Å². The molecule has 0 saturated heterocycles. The van der Waals surface area contributed by atoms with Crippen LogP contribution in [0, 0.1) is 0 Å². The standard InChI is InChI=1S/C9H14N4/c1-9(2)12-7-10-3-5-13-6-4-11-8-13/h4,6,8-9H,3,5H2,1-2H3. The Morgan fingerprint density at radius 1 is 1.54 bits per heavy atom. The molecule has 0 N–H and O–H groups in total. The molecule has 70 valence electrons. The molecule has 0 aromatic carbocycles. The highest BCUT2D eigenvalue weighted by atomic mass is 15.0. The smallest absolute Gasteiger partial charge is 0.0946 e. The van der Waals surface area contributed by atoms with E-state index in [9.17, 15) is 0 Å². The second-order valence-corrected chi connectivity index (χ2v) is 3.01. The fourth-order valence-corrected chi connectivity index (χ4v) is 0.791. The first-order valence-corrected chi connectivity index (χ1v) is 4.36. The average Bonchev–Trinajstić information content (AvgIpc) is 2.55. The highest BCUT2D eigenvalue weighted by Gasteiger charge is 1.86. The van der Waals surface area contributed by atoms with Gasteiger partial charge in [0, 0.05) is 18.9 Å². The third kappa shape index (κ3) is 4.23. The highest BCUT2D eigenvalue weighted by Crippen LogP contribution is 1.85. The molecule has 0 aliphatic heterocycles. The summed E-state index contributed by atoms with van der Waals surface area (Å²) in [7, 11) is 0. The van der Waals surface area contributed by atoms with Crippen molar-refractivity contribution in [3.8, 4) is 0 Å². The van der Waals surface area contributed by atoms with Crippen LogP contribution in [0.15, 0.2) is 28.7 Å². The Balaban J connectivity index is 2.25. The van der Waals surface area contributed by atoms with Crippen LogP contribution in [-0.2, 0) is 6.54 Å². The summed E-state index contributed by atoms with van der Waals surface area (Å²) in [5, 5.41) is 0. The summed E-state index contributed by atoms with van der Waals surface area (Å²) in [6.45, 7) is 5.53. The summed E-state index contributed by atoms with van der Waals surface area (Å²) >= 11 is 0. The van der Waals surface area contributed by atoms with Gasteiger partial charge in [0.15, 0.2) is 0 Å². The molecule has 0 atom stereocenters. The van der Waals surface area contributed by atoms with Gasteiger partial charge in [-0.05, 0) is 13.8 Å². The van der Waals surface area contributed by atoms with Gasteiger partial charge in [-0.2, -0.15) is 0 Å². The van der Waals surface area contributed by atoms with Crippen molar-refractivity contribution in [3.63, 3.8) is 0 Å². The zero-order valence-electron chi connectivity index (χ0n) is 8.01. The number of nitrogens with zero attached hydrogens (tertiary/aromatic N) is 4. The molecule has 0 aliphatic rings. The molecule has 0 fully saturated rings. The van der Waals surface area contributed by atoms with Crippen molar-refractivity contribution in [2.24, 2.45) is 9.98 Å². The van der Waals surface area contributed by atoms with Crippen LogP contribution in [0.25, 0.3) is 0 Å². The van der Waals surface area contributed by atoms with Gasteiger partial charge in [0.25, 0.3) is 0 Å². The first-order valence-electron chi connectivity index (χ1n) is 4.36. The van der Waals surface area contributed by atoms with Gasteiger partial charge in [-0.15, -0.1) is 0 Å². The highest BCUT2D eigenvalue weighted by molar-refractivity contribution is 5.41. The molecule has 4 nitrogen and oxygen atoms in total. The minimum absolute atomic E-state index is 0.275. The van der Waals surface area contributed by atoms with E-state index in [1.165, 1.54) is 0 Å². The molecule has 0 saturated carbocycles. The number of aromatic nitrogens is 2. The maximum absolute atomic E-state index is 4.02. The summed E-state index contributed by atoms with van der Waals surface area (Å²) in [6, 6.07) is 2.94. The minimum atomic E-state index is 0.275. The zero-order chi connectivity index (χ0) is 9.52. The zero-order valence-corrected chi connectivity index (χ0v) is 8.01. The Morgan fingerprint density at radius 2 is 2.38 bits per heavy atom. The third-order valence-corrected chi connectivity index (χ3v) is 1.42. The lowest BCUT2D eigenvalue weighted by atomic mass is 10.4. The second kappa shape index (κ2) is 5.27. The lowest BCUT2D eigenvalue weighted by molar-refractivity contribution is 0.709. The first kappa shape index (κ1) is 9.68. The molecule has 0 aliphatic carbocycles. The van der Waals surface area contributed by atoms with E-state index in [1.54, 1.807) is 12.5 Å². The molecule has 13 heavy (non-hydrogen) atoms. The summed E-state index contributed by atoms with van der Waals surface area (Å²) < 4.78 is 1.97. The van der Waals surface area contributed by atoms with Gasteiger partial charge in [-0.25, -0.2) is 15.0 Å². The number of rotatable bonds is 4. The van der Waals surface area contributed by atoms with Crippen molar-refractivity contribution in [2.45, 2.75) is 26.4 Å². The molecule has 1 aromatic heterocycles. The van der Waals surface area contributed by atoms with Crippen LogP contribution in [0.3, 0.4) is 0 Å². The van der Waals surface area contributed by atoms with Crippen LogP contribution in [0.5, 0.6) is 0 Å². The second-order valence-electron chi connectivity index (χ2n) is 3.01. The largest absolute Gasteiger partial charge is 0.336 e. The number of aliphatic imine (C=N–C) groups is 2. The first-order chi connectivity index (χ1) is 6.29. The molecular formula is C9H14N4. The quantitative estimate of drug-likeness (QED) is 0.644. The molecule has 0 spiro atoms. The summed E-state index contributed by atoms with van der Waals surface area (Å²) in [5.41, 5.74) is 0. The van der Waals surface area contributed by atoms with Gasteiger partial charge in [0.2, 0.25) is 0 Å². The van der Waals surface area contributed by atoms with E-state index in [2.05, 4.69) is 21.0 Å². The van der Waals surface area contributed by atoms with E-state index in [0.29, 0.717) is 6.54 Å². The van der Waals surface area contributed by atoms with Crippen LogP contribution in [-0.4, -0.2) is 28.1 Å². The average molecular weight is 178 g/mol. The third-order valence-electron chi connectivity index (χ3n) is 1.42. The Bertz CT molecular complexity index is 281. The van der Waals surface area contributed by atoms with Gasteiger partial charge in [-0.3, -0.25) is 0 Å². The van der Waals surface area contributed by atoms with E-state index in [0.717, 1.165) is 6.54 Å². The number of hydrogen-bond donors (Lipinski definition) is 0. The maximum Gasteiger partial charge on any atom is 0.0946 e. The Kier molecular flexibility index (Phi) is 3.93. The SMILES string of the molecule is CC(C)N=C=NCCn1ccnc1. The van der Waals surface area contributed by atoms with Gasteiger partial charge in [0.1, 0.15) is 0 Å². The molecule has 0 amide bonds. The van der Waals surface area contributed by atoms with E-state index in [1.807, 2.05) is 24.6 Å². The monoisotopic (exact) mass is 178 g/mol. The Hall–Kier alpha value is -1.41. The Labute approximate surface area is 78.1 Å². The summed E-state index contributed by atoms with van der Waals surface area (Å²) in [6.07, 6.45) is 5.44. The van der Waals surface area contributed by atoms with Crippen molar-refractivity contribution in [3.05, 3.63) is 18.7 Å². The molecule has 1 rings (SSSR count). The van der Waals surface area contributed by atoms with E-state index < -0.39 is 0 Å². The number of hydrogen-bond acceptors (Lipinski definition) is 3. The predicted octanol–water partition coefficient (Wildman–Crippen LogP) is 1.47. The molecule has 0 radical (unpaired) electrons. The van der Waals surface area contributed by atoms with Crippen LogP contribution >= 0.6 is 0 Å². The number of imidazole rings is 1. The van der Waals surface area contributed by atoms with Gasteiger partial charge < -0.3 is 4.57 Å². The molecule has 0 unspecified atom stereocenters. The van der Waals surface area contributed by atoms with Gasteiger partial charge in [0.05, 0.1) is 24.9 Å². The van der Waals surface area contributed by atoms with Crippen LogP contribution in [0.2, 0.25) is 0 Å². The van der Waals surface area contributed by atoms with Gasteiger partial charge >= 0.3 is 0 Å². The molecular weight excluding hydrogens is 164 g/mol. The fraction of sp³-hybridized carbons (Fsp3) is 0.556. The minimum Gasteiger partial charge on any atom is -0.336 e. The maximum atomic E-state index is 4.02. The van der Waals surface area contributed by atoms with Crippen molar-refractivity contribution < 1.29 is 0 Å². The van der Waals surface area contributed by atoms with Crippen molar-refractivity contribution in [1.29, 1.82) is 0 Å². The molecule has 1 heterocycles. The normalized spacial score (nSPS) is 9.77. The molecule has 1 aromatic rings. The molecule has 4 heteroatoms. The summed E-state index contributed by atoms with van der Waals surface area (Å²) in [4.78, 5) is 11.9. The summed E-state index contributed by atoms with van der Waals surface area (Å²) in [5.74, 6) is 0. The molecule has 0 bridgehead atoms. The lowest BCUT2D eigenvalue weighted by Gasteiger charge is -1.94. The van der Waals surface area contributed by atoms with E-state index in [-0.39, 0.29) is 6.04 Å². The topological polar surface area (TPSA) is 42.5 Å². The lowest BCUT2D eigenvalue weighted by Crippen LogP contribution is -1.97. The van der Waals surface area contributed by atoms with E-state index in [4.69, 9.17) is 0 Å². The predicted molar refractivity (Wildman–Crippen MR) is 52.1 cm³/mol. The van der Waals surface area contributed by atoms with Crippen LogP contribution < -0.4 is 0 Å². The van der Waals surface area contributed by atoms with Crippen molar-refractivity contribution in [2.75, 3.05) is 6.54 Å². The fourth-order valence-electron chi connectivity index (χ4n) is 0.791. The van der Waals surface area contributed by atoms with Crippen molar-refractivity contribution in [1.82, 2.24) is 9.55 Å². The van der Waals surface area contributed by atoms with Crippen molar-refractivity contribution >= 4 is 6.01 Å². The van der Waals surface area contributed by atoms with Crippen LogP contribution in [0.4, 0.5) is 0 Å². The van der Waals surface area contributed by atoms with Crippen LogP contribution in [0.1, 0.15) is 13.8 Å².